The molecule has 1 N–H and O–H groups in total. The molecule has 2 aromatic carbocycles. The van der Waals surface area contributed by atoms with Gasteiger partial charge in [-0.05, 0) is 36.8 Å². The van der Waals surface area contributed by atoms with Crippen LogP contribution in [0.1, 0.15) is 5.56 Å². The van der Waals surface area contributed by atoms with E-state index in [1.54, 1.807) is 36.4 Å². The van der Waals surface area contributed by atoms with Crippen LogP contribution in [0, 0.1) is 6.92 Å². The minimum atomic E-state index is -3.18. The van der Waals surface area contributed by atoms with Crippen molar-refractivity contribution in [2.24, 2.45) is 0 Å². The summed E-state index contributed by atoms with van der Waals surface area (Å²) in [6.45, 7) is 3.29. The van der Waals surface area contributed by atoms with Gasteiger partial charge < -0.3 is 9.61 Å². The van der Waals surface area contributed by atoms with E-state index in [-0.39, 0.29) is 10.8 Å². The standard InChI is InChI=1S/C14H13Cl3NO2P/c1-9-10(15)5-3-7-12(9)18-21(2,19)20-13-8-4-6-11(16)14(13)17/h3-8H,1-2H3,(H,18,19)/t21-/m0/s1. The molecule has 0 saturated heterocycles. The molecule has 21 heavy (non-hydrogen) atoms. The maximum absolute atomic E-state index is 12.6. The Balaban J connectivity index is 2.25. The van der Waals surface area contributed by atoms with Gasteiger partial charge in [0.05, 0.1) is 5.02 Å². The third-order valence-electron chi connectivity index (χ3n) is 2.78. The quantitative estimate of drug-likeness (QED) is 0.650. The largest absolute Gasteiger partial charge is 0.427 e. The Labute approximate surface area is 138 Å². The summed E-state index contributed by atoms with van der Waals surface area (Å²) in [7, 11) is -3.18. The fraction of sp³-hybridized carbons (Fsp3) is 0.143. The molecule has 1 atom stereocenters. The van der Waals surface area contributed by atoms with Crippen LogP contribution in [0.3, 0.4) is 0 Å². The van der Waals surface area contributed by atoms with Crippen LogP contribution in [0.4, 0.5) is 5.69 Å². The smallest absolute Gasteiger partial charge is 0.338 e. The van der Waals surface area contributed by atoms with Gasteiger partial charge in [0.15, 0.2) is 0 Å². The molecule has 0 heterocycles. The minimum absolute atomic E-state index is 0.228. The molecule has 112 valence electrons. The van der Waals surface area contributed by atoms with Crippen LogP contribution >= 0.6 is 42.3 Å². The van der Waals surface area contributed by atoms with Gasteiger partial charge in [-0.2, -0.15) is 0 Å². The summed E-state index contributed by atoms with van der Waals surface area (Å²) in [4.78, 5) is 0. The van der Waals surface area contributed by atoms with Crippen molar-refractivity contribution in [3.63, 3.8) is 0 Å². The molecule has 0 radical (unpaired) electrons. The fourth-order valence-electron chi connectivity index (χ4n) is 1.71. The van der Waals surface area contributed by atoms with E-state index >= 15 is 0 Å². The molecule has 0 spiro atoms. The highest BCUT2D eigenvalue weighted by Gasteiger charge is 2.21. The van der Waals surface area contributed by atoms with E-state index in [0.717, 1.165) is 5.56 Å². The molecular weight excluding hydrogens is 351 g/mol. The summed E-state index contributed by atoms with van der Waals surface area (Å²) in [5, 5.41) is 4.02. The lowest BCUT2D eigenvalue weighted by Gasteiger charge is -2.19. The number of nitrogens with one attached hydrogen (secondary N) is 1. The number of halogens is 3. The Morgan fingerprint density at radius 3 is 2.38 bits per heavy atom. The molecule has 0 aromatic heterocycles. The third-order valence-corrected chi connectivity index (χ3v) is 5.18. The Morgan fingerprint density at radius 2 is 1.67 bits per heavy atom. The summed E-state index contributed by atoms with van der Waals surface area (Å²) < 4.78 is 18.1. The summed E-state index contributed by atoms with van der Waals surface area (Å²) in [6, 6.07) is 10.2. The van der Waals surface area contributed by atoms with Crippen LogP contribution in [0.15, 0.2) is 36.4 Å². The van der Waals surface area contributed by atoms with Crippen molar-refractivity contribution in [2.75, 3.05) is 11.8 Å². The van der Waals surface area contributed by atoms with E-state index in [0.29, 0.717) is 15.7 Å². The van der Waals surface area contributed by atoms with Gasteiger partial charge in [0, 0.05) is 17.4 Å². The van der Waals surface area contributed by atoms with Crippen molar-refractivity contribution in [2.45, 2.75) is 6.92 Å². The van der Waals surface area contributed by atoms with E-state index in [9.17, 15) is 4.57 Å². The molecule has 0 fully saturated rings. The highest BCUT2D eigenvalue weighted by atomic mass is 35.5. The number of hydrogen-bond acceptors (Lipinski definition) is 2. The molecular formula is C14H13Cl3NO2P. The molecule has 0 aliphatic rings. The second-order valence-corrected chi connectivity index (χ2v) is 7.80. The average molecular weight is 365 g/mol. The monoisotopic (exact) mass is 363 g/mol. The van der Waals surface area contributed by atoms with Crippen LogP contribution in [0.5, 0.6) is 5.75 Å². The van der Waals surface area contributed by atoms with Gasteiger partial charge in [0.2, 0.25) is 0 Å². The van der Waals surface area contributed by atoms with Gasteiger partial charge in [-0.25, -0.2) is 0 Å². The van der Waals surface area contributed by atoms with E-state index < -0.39 is 7.52 Å². The van der Waals surface area contributed by atoms with E-state index in [4.69, 9.17) is 39.3 Å². The molecule has 7 heteroatoms. The summed E-state index contributed by atoms with van der Waals surface area (Å²) >= 11 is 18.0. The van der Waals surface area contributed by atoms with Gasteiger partial charge in [-0.1, -0.05) is 46.9 Å². The number of anilines is 1. The summed E-state index contributed by atoms with van der Waals surface area (Å²) in [5.41, 5.74) is 1.44. The van der Waals surface area contributed by atoms with Gasteiger partial charge in [0.25, 0.3) is 0 Å². The van der Waals surface area contributed by atoms with E-state index in [1.165, 1.54) is 6.66 Å². The van der Waals surface area contributed by atoms with Gasteiger partial charge >= 0.3 is 7.52 Å². The highest BCUT2D eigenvalue weighted by molar-refractivity contribution is 7.60. The molecule has 2 rings (SSSR count). The predicted octanol–water partition coefficient (Wildman–Crippen LogP) is 6.27. The molecule has 0 unspecified atom stereocenters. The zero-order valence-corrected chi connectivity index (χ0v) is 14.5. The first-order chi connectivity index (χ1) is 9.80. The first-order valence-electron chi connectivity index (χ1n) is 6.05. The van der Waals surface area contributed by atoms with Crippen molar-refractivity contribution in [1.82, 2.24) is 0 Å². The number of benzene rings is 2. The predicted molar refractivity (Wildman–Crippen MR) is 90.4 cm³/mol. The topological polar surface area (TPSA) is 38.3 Å². The molecule has 2 aromatic rings. The minimum Gasteiger partial charge on any atom is -0.427 e. The van der Waals surface area contributed by atoms with Crippen molar-refractivity contribution in [3.05, 3.63) is 57.0 Å². The molecule has 0 bridgehead atoms. The molecule has 0 amide bonds. The number of rotatable bonds is 4. The van der Waals surface area contributed by atoms with Gasteiger partial charge in [-0.15, -0.1) is 0 Å². The molecule has 0 aliphatic carbocycles. The first-order valence-corrected chi connectivity index (χ1v) is 9.25. The second-order valence-electron chi connectivity index (χ2n) is 4.51. The van der Waals surface area contributed by atoms with E-state index in [1.807, 2.05) is 6.92 Å². The van der Waals surface area contributed by atoms with Crippen molar-refractivity contribution in [1.29, 1.82) is 0 Å². The first kappa shape index (κ1) is 16.5. The summed E-state index contributed by atoms with van der Waals surface area (Å²) in [6.07, 6.45) is 0. The number of hydrogen-bond donors (Lipinski definition) is 1. The van der Waals surface area contributed by atoms with Crippen molar-refractivity contribution >= 4 is 48.0 Å². The highest BCUT2D eigenvalue weighted by Crippen LogP contribution is 2.47. The Hall–Kier alpha value is -0.860. The zero-order valence-electron chi connectivity index (χ0n) is 11.4. The van der Waals surface area contributed by atoms with Crippen molar-refractivity contribution < 1.29 is 9.09 Å². The lowest BCUT2D eigenvalue weighted by Crippen LogP contribution is -2.04. The normalized spacial score (nSPS) is 13.6. The van der Waals surface area contributed by atoms with Crippen LogP contribution in [-0.2, 0) is 4.57 Å². The van der Waals surface area contributed by atoms with Crippen molar-refractivity contribution in [3.8, 4) is 5.75 Å². The van der Waals surface area contributed by atoms with Crippen LogP contribution in [-0.4, -0.2) is 6.66 Å². The Bertz CT molecular complexity index is 664. The Kier molecular flexibility index (Phi) is 5.11. The third kappa shape index (κ3) is 4.08. The molecule has 0 aliphatic heterocycles. The van der Waals surface area contributed by atoms with Crippen LogP contribution < -0.4 is 9.61 Å². The van der Waals surface area contributed by atoms with Crippen LogP contribution in [0.25, 0.3) is 0 Å². The van der Waals surface area contributed by atoms with Gasteiger partial charge in [-0.3, -0.25) is 4.57 Å². The van der Waals surface area contributed by atoms with E-state index in [2.05, 4.69) is 5.09 Å². The maximum atomic E-state index is 12.6. The second kappa shape index (κ2) is 6.50. The molecule has 0 saturated carbocycles. The SMILES string of the molecule is Cc1c(Cl)cccc1N[P@@](C)(=O)Oc1cccc(Cl)c1Cl. The van der Waals surface area contributed by atoms with Crippen LogP contribution in [0.2, 0.25) is 15.1 Å². The lowest BCUT2D eigenvalue weighted by atomic mass is 10.2. The lowest BCUT2D eigenvalue weighted by molar-refractivity contribution is 0.493. The maximum Gasteiger partial charge on any atom is 0.338 e. The zero-order chi connectivity index (χ0) is 15.6. The molecule has 3 nitrogen and oxygen atoms in total. The Morgan fingerprint density at radius 1 is 1.05 bits per heavy atom. The van der Waals surface area contributed by atoms with Gasteiger partial charge in [0.1, 0.15) is 10.8 Å². The fourth-order valence-corrected chi connectivity index (χ4v) is 3.52. The summed E-state index contributed by atoms with van der Waals surface area (Å²) in [5.74, 6) is 0.266. The average Bonchev–Trinajstić information content (AvgIpc) is 2.40.